The van der Waals surface area contributed by atoms with E-state index in [0.29, 0.717) is 0 Å². The molecule has 0 aliphatic rings. The van der Waals surface area contributed by atoms with Crippen LogP contribution in [0.15, 0.2) is 28.7 Å². The Morgan fingerprint density at radius 3 is 2.25 bits per heavy atom. The molecule has 0 aliphatic heterocycles. The van der Waals surface area contributed by atoms with Gasteiger partial charge in [-0.2, -0.15) is 0 Å². The maximum atomic E-state index is 9.75. The van der Waals surface area contributed by atoms with Gasteiger partial charge in [-0.3, -0.25) is 4.42 Å². The van der Waals surface area contributed by atoms with Crippen molar-refractivity contribution in [2.75, 3.05) is 6.61 Å². The average Bonchev–Trinajstić information content (AvgIpc) is 2.28. The van der Waals surface area contributed by atoms with Gasteiger partial charge >= 0.3 is 12.7 Å². The highest BCUT2D eigenvalue weighted by atomic mass is 32.1. The van der Waals surface area contributed by atoms with Crippen LogP contribution in [0.5, 0.6) is 0 Å². The van der Waals surface area contributed by atoms with Crippen LogP contribution in [0.4, 0.5) is 17.3 Å². The van der Waals surface area contributed by atoms with Crippen LogP contribution in [0.1, 0.15) is 17.4 Å². The molecule has 0 radical (unpaired) electrons. The summed E-state index contributed by atoms with van der Waals surface area (Å²) in [5.41, 5.74) is 2.28. The summed E-state index contributed by atoms with van der Waals surface area (Å²) in [6, 6.07) is 8.63. The molecule has 2 aromatic rings. The number of hydrogen-bond donors (Lipinski definition) is 0. The van der Waals surface area contributed by atoms with E-state index in [2.05, 4.69) is 38.1 Å². The second kappa shape index (κ2) is 6.88. The highest BCUT2D eigenvalue weighted by Crippen LogP contribution is 2.19. The molecule has 7 heteroatoms. The minimum Gasteiger partial charge on any atom is -0.418 e. The molecular weight excluding hydrogens is 291 g/mol. The molecule has 1 heterocycles. The normalized spacial score (nSPS) is 12.2. The Kier molecular flexibility index (Phi) is 5.74. The molecule has 110 valence electrons. The second-order valence-electron chi connectivity index (χ2n) is 4.15. The van der Waals surface area contributed by atoms with Crippen molar-refractivity contribution in [3.63, 3.8) is 0 Å². The molecule has 0 aliphatic carbocycles. The van der Waals surface area contributed by atoms with Crippen molar-refractivity contribution >= 4 is 28.7 Å². The molecule has 0 amide bonds. The Morgan fingerprint density at radius 2 is 1.70 bits per heavy atom. The predicted molar refractivity (Wildman–Crippen MR) is 78.3 cm³/mol. The lowest BCUT2D eigenvalue weighted by Crippen LogP contribution is -2.03. The Bertz CT molecular complexity index is 643. The van der Waals surface area contributed by atoms with Gasteiger partial charge in [0.2, 0.25) is 0 Å². The van der Waals surface area contributed by atoms with Gasteiger partial charge in [-0.15, -0.1) is 11.3 Å². The average molecular weight is 306 g/mol. The largest absolute Gasteiger partial charge is 0.673 e. The highest BCUT2D eigenvalue weighted by Gasteiger charge is 2.20. The van der Waals surface area contributed by atoms with Crippen LogP contribution in [0.2, 0.25) is 0 Å². The molecule has 20 heavy (non-hydrogen) atoms. The standard InChI is InChI=1S/C13H15OS.BF4/c1-4-14-12-8-10(3)15-13-6-5-9(2)7-11(12)13;2-1(3,4)5/h5-8H,4H2,1-3H3;/q+1;-1. The topological polar surface area (TPSA) is 11.3 Å². The minimum absolute atomic E-state index is 0.719. The Labute approximate surface area is 118 Å². The Hall–Kier alpha value is -1.37. The molecule has 0 N–H and O–H groups in total. The summed E-state index contributed by atoms with van der Waals surface area (Å²) >= 11 is 1.81. The first-order valence-corrected chi connectivity index (χ1v) is 6.86. The molecule has 0 atom stereocenters. The monoisotopic (exact) mass is 306 g/mol. The van der Waals surface area contributed by atoms with Gasteiger partial charge in [-0.25, -0.2) is 0 Å². The van der Waals surface area contributed by atoms with Crippen molar-refractivity contribution in [1.82, 2.24) is 0 Å². The molecule has 2 rings (SSSR count). The second-order valence-corrected chi connectivity index (χ2v) is 5.44. The van der Waals surface area contributed by atoms with Crippen molar-refractivity contribution < 1.29 is 17.3 Å². The smallest absolute Gasteiger partial charge is 0.418 e. The van der Waals surface area contributed by atoms with Crippen molar-refractivity contribution in [2.24, 2.45) is 0 Å². The third-order valence-electron chi connectivity index (χ3n) is 2.31. The summed E-state index contributed by atoms with van der Waals surface area (Å²) in [5.74, 6) is 0. The van der Waals surface area contributed by atoms with Crippen LogP contribution >= 0.6 is 11.3 Å². The molecule has 0 saturated carbocycles. The van der Waals surface area contributed by atoms with Gasteiger partial charge in [0, 0.05) is 16.5 Å². The third kappa shape index (κ3) is 5.73. The molecular formula is C13H15BF4OS. The summed E-state index contributed by atoms with van der Waals surface area (Å²) < 4.78 is 46.0. The molecule has 0 saturated heterocycles. The molecule has 1 aromatic carbocycles. The van der Waals surface area contributed by atoms with Gasteiger partial charge in [-0.1, -0.05) is 11.6 Å². The van der Waals surface area contributed by atoms with E-state index in [4.69, 9.17) is 4.42 Å². The summed E-state index contributed by atoms with van der Waals surface area (Å²) in [7, 11) is -6.00. The van der Waals surface area contributed by atoms with Gasteiger partial charge in [0.15, 0.2) is 0 Å². The highest BCUT2D eigenvalue weighted by molar-refractivity contribution is 7.18. The lowest BCUT2D eigenvalue weighted by Gasteiger charge is -1.96. The van der Waals surface area contributed by atoms with Crippen LogP contribution < -0.4 is 5.43 Å². The van der Waals surface area contributed by atoms with Crippen molar-refractivity contribution in [2.45, 2.75) is 20.8 Å². The first-order valence-electron chi connectivity index (χ1n) is 6.05. The molecule has 0 spiro atoms. The Balaban J connectivity index is 0.000000347. The zero-order valence-corrected chi connectivity index (χ0v) is 12.2. The molecule has 0 fully saturated rings. The van der Waals surface area contributed by atoms with Gasteiger partial charge in [-0.05, 0) is 26.0 Å². The van der Waals surface area contributed by atoms with Gasteiger partial charge in [0.1, 0.15) is 0 Å². The number of benzene rings is 1. The quantitative estimate of drug-likeness (QED) is 0.410. The van der Waals surface area contributed by atoms with Crippen LogP contribution in [0.25, 0.3) is 10.1 Å². The van der Waals surface area contributed by atoms with Gasteiger partial charge in [0.05, 0.1) is 11.5 Å². The van der Waals surface area contributed by atoms with E-state index in [-0.39, 0.29) is 0 Å². The van der Waals surface area contributed by atoms with Gasteiger partial charge in [0.25, 0.3) is 6.61 Å². The fourth-order valence-corrected chi connectivity index (χ4v) is 2.58. The third-order valence-corrected chi connectivity index (χ3v) is 3.32. The van der Waals surface area contributed by atoms with Crippen molar-refractivity contribution in [1.29, 1.82) is 0 Å². The number of rotatable bonds is 1. The molecule has 1 nitrogen and oxygen atoms in total. The Morgan fingerprint density at radius 1 is 1.10 bits per heavy atom. The van der Waals surface area contributed by atoms with E-state index in [9.17, 15) is 17.3 Å². The summed E-state index contributed by atoms with van der Waals surface area (Å²) in [4.78, 5) is 1.29. The molecule has 1 aromatic heterocycles. The van der Waals surface area contributed by atoms with Crippen LogP contribution in [0, 0.1) is 13.8 Å². The SMILES string of the molecule is CC[O+]=c1cc(C)sc2ccc(C)cc12.F[B-](F)(F)F. The lowest BCUT2D eigenvalue weighted by atomic mass is 10.2. The molecule has 0 bridgehead atoms. The zero-order chi connectivity index (χ0) is 15.3. The minimum atomic E-state index is -6.00. The first kappa shape index (κ1) is 16.7. The number of aryl methyl sites for hydroxylation is 2. The van der Waals surface area contributed by atoms with Crippen molar-refractivity contribution in [3.05, 3.63) is 44.6 Å². The fourth-order valence-electron chi connectivity index (χ4n) is 1.67. The molecule has 0 unspecified atom stereocenters. The summed E-state index contributed by atoms with van der Waals surface area (Å²) in [6.07, 6.45) is 0. The van der Waals surface area contributed by atoms with Crippen molar-refractivity contribution in [3.8, 4) is 0 Å². The summed E-state index contributed by atoms with van der Waals surface area (Å²) in [6.45, 7) is 6.97. The first-order chi connectivity index (χ1) is 9.20. The van der Waals surface area contributed by atoms with E-state index < -0.39 is 7.25 Å². The van der Waals surface area contributed by atoms with E-state index in [1.54, 1.807) is 0 Å². The number of hydrogen-bond acceptors (Lipinski definition) is 1. The maximum absolute atomic E-state index is 9.75. The van der Waals surface area contributed by atoms with Crippen LogP contribution in [0.3, 0.4) is 0 Å². The van der Waals surface area contributed by atoms with Crippen LogP contribution in [-0.2, 0) is 0 Å². The number of fused-ring (bicyclic) bond motifs is 1. The fraction of sp³-hybridized carbons (Fsp3) is 0.308. The van der Waals surface area contributed by atoms with E-state index in [1.807, 2.05) is 18.3 Å². The van der Waals surface area contributed by atoms with Gasteiger partial charge < -0.3 is 17.3 Å². The summed E-state index contributed by atoms with van der Waals surface area (Å²) in [5, 5.41) is 1.23. The van der Waals surface area contributed by atoms with E-state index in [0.717, 1.165) is 12.0 Å². The lowest BCUT2D eigenvalue weighted by molar-refractivity contribution is 0.368. The predicted octanol–water partition coefficient (Wildman–Crippen LogP) is 4.73. The van der Waals surface area contributed by atoms with E-state index in [1.165, 1.54) is 20.5 Å². The maximum Gasteiger partial charge on any atom is 0.673 e. The number of halogens is 4. The zero-order valence-electron chi connectivity index (χ0n) is 11.4. The van der Waals surface area contributed by atoms with E-state index >= 15 is 0 Å². The van der Waals surface area contributed by atoms with Crippen LogP contribution in [-0.4, -0.2) is 13.9 Å².